The first-order chi connectivity index (χ1) is 13.0. The van der Waals surface area contributed by atoms with Gasteiger partial charge in [0.2, 0.25) is 11.8 Å². The number of amides is 2. The largest absolute Gasteiger partial charge is 0.495 e. The minimum absolute atomic E-state index is 0.00776. The van der Waals surface area contributed by atoms with Gasteiger partial charge in [0.25, 0.3) is 0 Å². The molecule has 1 fully saturated rings. The summed E-state index contributed by atoms with van der Waals surface area (Å²) in [5.74, 6) is 0.101. The van der Waals surface area contributed by atoms with Gasteiger partial charge in [0.1, 0.15) is 5.75 Å². The number of rotatable bonds is 6. The van der Waals surface area contributed by atoms with Gasteiger partial charge < -0.3 is 15.0 Å². The average molecular weight is 387 g/mol. The molecule has 6 heteroatoms. The summed E-state index contributed by atoms with van der Waals surface area (Å²) < 4.78 is 5.30. The van der Waals surface area contributed by atoms with Crippen LogP contribution in [-0.2, 0) is 16.0 Å². The second-order valence-corrected chi connectivity index (χ2v) is 7.25. The summed E-state index contributed by atoms with van der Waals surface area (Å²) in [5.41, 5.74) is 2.73. The van der Waals surface area contributed by atoms with E-state index in [2.05, 4.69) is 5.32 Å². The molecule has 0 aliphatic carbocycles. The number of ether oxygens (including phenoxy) is 1. The van der Waals surface area contributed by atoms with Crippen molar-refractivity contribution in [3.05, 3.63) is 58.6 Å². The molecule has 0 spiro atoms. The van der Waals surface area contributed by atoms with Crippen molar-refractivity contribution in [3.8, 4) is 5.75 Å². The third-order valence-electron chi connectivity index (χ3n) is 4.76. The summed E-state index contributed by atoms with van der Waals surface area (Å²) in [6, 6.07) is 13.2. The summed E-state index contributed by atoms with van der Waals surface area (Å²) in [5, 5.41) is 3.59. The fraction of sp³-hybridized carbons (Fsp3) is 0.333. The summed E-state index contributed by atoms with van der Waals surface area (Å²) >= 11 is 6.00. The van der Waals surface area contributed by atoms with Crippen LogP contribution in [0.4, 0.5) is 5.69 Å². The lowest BCUT2D eigenvalue weighted by atomic mass is 10.1. The van der Waals surface area contributed by atoms with Crippen LogP contribution in [0.25, 0.3) is 0 Å². The van der Waals surface area contributed by atoms with Gasteiger partial charge in [-0.2, -0.15) is 0 Å². The number of methoxy groups -OCH3 is 1. The lowest BCUT2D eigenvalue weighted by Gasteiger charge is -2.17. The second kappa shape index (κ2) is 8.44. The predicted octanol–water partition coefficient (Wildman–Crippen LogP) is 3.69. The number of benzene rings is 2. The average Bonchev–Trinajstić information content (AvgIpc) is 3.01. The molecule has 1 aliphatic heterocycles. The number of carbonyl (C=O) groups excluding carboxylic acids is 2. The van der Waals surface area contributed by atoms with Crippen molar-refractivity contribution in [2.45, 2.75) is 19.8 Å². The first-order valence-corrected chi connectivity index (χ1v) is 9.32. The second-order valence-electron chi connectivity index (χ2n) is 6.81. The van der Waals surface area contributed by atoms with Crippen LogP contribution < -0.4 is 10.1 Å². The van der Waals surface area contributed by atoms with Gasteiger partial charge in [-0.1, -0.05) is 29.8 Å². The van der Waals surface area contributed by atoms with Gasteiger partial charge in [-0.25, -0.2) is 0 Å². The number of hydrogen-bond acceptors (Lipinski definition) is 3. The van der Waals surface area contributed by atoms with E-state index in [0.29, 0.717) is 36.0 Å². The number of carbonyl (C=O) groups is 2. The van der Waals surface area contributed by atoms with Gasteiger partial charge in [0.15, 0.2) is 0 Å². The van der Waals surface area contributed by atoms with Crippen LogP contribution in [0.3, 0.4) is 0 Å². The van der Waals surface area contributed by atoms with E-state index in [1.54, 1.807) is 12.0 Å². The monoisotopic (exact) mass is 386 g/mol. The molecule has 5 nitrogen and oxygen atoms in total. The van der Waals surface area contributed by atoms with E-state index in [1.807, 2.05) is 49.4 Å². The van der Waals surface area contributed by atoms with Gasteiger partial charge in [-0.15, -0.1) is 0 Å². The topological polar surface area (TPSA) is 58.6 Å². The van der Waals surface area contributed by atoms with E-state index in [9.17, 15) is 9.59 Å². The Labute approximate surface area is 164 Å². The Kier molecular flexibility index (Phi) is 6.01. The maximum Gasteiger partial charge on any atom is 0.229 e. The number of nitrogens with zero attached hydrogens (tertiary/aromatic N) is 1. The maximum atomic E-state index is 12.6. The van der Waals surface area contributed by atoms with Crippen LogP contribution in [0.5, 0.6) is 5.75 Å². The van der Waals surface area contributed by atoms with Crippen LogP contribution in [0, 0.1) is 12.8 Å². The van der Waals surface area contributed by atoms with Gasteiger partial charge in [0, 0.05) is 24.5 Å². The Morgan fingerprint density at radius 3 is 2.85 bits per heavy atom. The van der Waals surface area contributed by atoms with Crippen molar-refractivity contribution >= 4 is 29.1 Å². The lowest BCUT2D eigenvalue weighted by molar-refractivity contribution is -0.128. The molecule has 0 aromatic heterocycles. The summed E-state index contributed by atoms with van der Waals surface area (Å²) in [7, 11) is 1.57. The predicted molar refractivity (Wildman–Crippen MR) is 106 cm³/mol. The zero-order valence-electron chi connectivity index (χ0n) is 15.5. The molecule has 2 aromatic carbocycles. The van der Waals surface area contributed by atoms with Crippen molar-refractivity contribution < 1.29 is 14.3 Å². The van der Waals surface area contributed by atoms with E-state index in [0.717, 1.165) is 11.1 Å². The number of halogens is 1. The smallest absolute Gasteiger partial charge is 0.229 e. The summed E-state index contributed by atoms with van der Waals surface area (Å²) in [4.78, 5) is 26.7. The normalized spacial score (nSPS) is 16.5. The van der Waals surface area contributed by atoms with Crippen molar-refractivity contribution in [3.63, 3.8) is 0 Å². The Morgan fingerprint density at radius 2 is 2.11 bits per heavy atom. The van der Waals surface area contributed by atoms with Gasteiger partial charge in [0.05, 0.1) is 18.7 Å². The first-order valence-electron chi connectivity index (χ1n) is 8.94. The quantitative estimate of drug-likeness (QED) is 0.823. The molecule has 0 radical (unpaired) electrons. The fourth-order valence-electron chi connectivity index (χ4n) is 3.27. The zero-order chi connectivity index (χ0) is 19.4. The van der Waals surface area contributed by atoms with E-state index in [-0.39, 0.29) is 24.2 Å². The van der Waals surface area contributed by atoms with Crippen molar-refractivity contribution in [2.75, 3.05) is 25.5 Å². The fourth-order valence-corrected chi connectivity index (χ4v) is 3.49. The van der Waals surface area contributed by atoms with Gasteiger partial charge in [-0.3, -0.25) is 9.59 Å². The lowest BCUT2D eigenvalue weighted by Crippen LogP contribution is -2.30. The zero-order valence-corrected chi connectivity index (χ0v) is 16.3. The highest BCUT2D eigenvalue weighted by Gasteiger charge is 2.34. The number of hydrogen-bond donors (Lipinski definition) is 1. The maximum absolute atomic E-state index is 12.6. The highest BCUT2D eigenvalue weighted by Crippen LogP contribution is 2.27. The summed E-state index contributed by atoms with van der Waals surface area (Å²) in [6.45, 7) is 2.96. The van der Waals surface area contributed by atoms with E-state index >= 15 is 0 Å². The molecule has 1 N–H and O–H groups in total. The Hall–Kier alpha value is -2.53. The Bertz CT molecular complexity index is 853. The molecule has 2 aromatic rings. The molecule has 27 heavy (non-hydrogen) atoms. The molecule has 142 valence electrons. The van der Waals surface area contributed by atoms with Crippen LogP contribution in [0.15, 0.2) is 42.5 Å². The van der Waals surface area contributed by atoms with Gasteiger partial charge >= 0.3 is 0 Å². The molecule has 0 bridgehead atoms. The van der Waals surface area contributed by atoms with Gasteiger partial charge in [-0.05, 0) is 48.7 Å². The number of anilines is 1. The molecule has 1 heterocycles. The Morgan fingerprint density at radius 1 is 1.30 bits per heavy atom. The standard InChI is InChI=1S/C21H23ClN2O3/c1-14-6-7-19(27-2)18(10-14)23-21(26)16-12-20(25)24(13-16)9-8-15-4-3-5-17(22)11-15/h3-7,10-11,16H,8-9,12-13H2,1-2H3,(H,23,26). The number of aryl methyl sites for hydroxylation is 1. The molecular formula is C21H23ClN2O3. The third kappa shape index (κ3) is 4.80. The molecular weight excluding hydrogens is 364 g/mol. The van der Waals surface area contributed by atoms with E-state index < -0.39 is 0 Å². The van der Waals surface area contributed by atoms with Crippen LogP contribution in [-0.4, -0.2) is 36.9 Å². The molecule has 1 saturated heterocycles. The van der Waals surface area contributed by atoms with E-state index in [1.165, 1.54) is 0 Å². The number of likely N-dealkylation sites (tertiary alicyclic amines) is 1. The van der Waals surface area contributed by atoms with Crippen molar-refractivity contribution in [1.29, 1.82) is 0 Å². The molecule has 1 aliphatic rings. The molecule has 1 atom stereocenters. The highest BCUT2D eigenvalue weighted by atomic mass is 35.5. The molecule has 3 rings (SSSR count). The molecule has 0 saturated carbocycles. The van der Waals surface area contributed by atoms with Crippen LogP contribution in [0.2, 0.25) is 5.02 Å². The highest BCUT2D eigenvalue weighted by molar-refractivity contribution is 6.30. The number of nitrogens with one attached hydrogen (secondary N) is 1. The van der Waals surface area contributed by atoms with Crippen molar-refractivity contribution in [2.24, 2.45) is 5.92 Å². The first kappa shape index (κ1) is 19.2. The minimum Gasteiger partial charge on any atom is -0.495 e. The SMILES string of the molecule is COc1ccc(C)cc1NC(=O)C1CC(=O)N(CCc2cccc(Cl)c2)C1. The Balaban J connectivity index is 1.59. The summed E-state index contributed by atoms with van der Waals surface area (Å²) in [6.07, 6.45) is 0.946. The molecule has 1 unspecified atom stereocenters. The minimum atomic E-state index is -0.359. The third-order valence-corrected chi connectivity index (χ3v) is 4.99. The molecule has 2 amide bonds. The van der Waals surface area contributed by atoms with Crippen molar-refractivity contribution in [1.82, 2.24) is 4.90 Å². The van der Waals surface area contributed by atoms with Crippen LogP contribution in [0.1, 0.15) is 17.5 Å². The van der Waals surface area contributed by atoms with Crippen LogP contribution >= 0.6 is 11.6 Å². The van der Waals surface area contributed by atoms with E-state index in [4.69, 9.17) is 16.3 Å².